The lowest BCUT2D eigenvalue weighted by Gasteiger charge is -2.46. The fourth-order valence-electron chi connectivity index (χ4n) is 6.04. The quantitative estimate of drug-likeness (QED) is 0.254. The minimum Gasteiger partial charge on any atom is -0.478 e. The number of nitrogens with zero attached hydrogens (tertiary/aromatic N) is 3. The number of ether oxygens (including phenoxy) is 3. The van der Waals surface area contributed by atoms with Crippen LogP contribution in [-0.4, -0.2) is 51.4 Å². The number of pyridine rings is 2. The van der Waals surface area contributed by atoms with E-state index in [9.17, 15) is 9.90 Å². The summed E-state index contributed by atoms with van der Waals surface area (Å²) in [5.74, 6) is 0.970. The van der Waals surface area contributed by atoms with Crippen molar-refractivity contribution in [2.75, 3.05) is 19.7 Å². The average Bonchev–Trinajstić information content (AvgIpc) is 3.77. The van der Waals surface area contributed by atoms with Gasteiger partial charge >= 0.3 is 6.09 Å². The SMILES string of the molecule is CCOc1ccc(-c2cnc3ccc(C4(O)CCN(C(=O)OC(C)(C)C)CC45CC5)cc3c2)c(OCc2ccccc2)n1. The van der Waals surface area contributed by atoms with Crippen LogP contribution in [0.15, 0.2) is 72.9 Å². The van der Waals surface area contributed by atoms with Gasteiger partial charge in [0, 0.05) is 47.3 Å². The highest BCUT2D eigenvalue weighted by atomic mass is 16.6. The van der Waals surface area contributed by atoms with Gasteiger partial charge in [-0.3, -0.25) is 4.98 Å². The highest BCUT2D eigenvalue weighted by Crippen LogP contribution is 2.62. The fourth-order valence-corrected chi connectivity index (χ4v) is 6.04. The largest absolute Gasteiger partial charge is 0.478 e. The molecule has 1 saturated heterocycles. The summed E-state index contributed by atoms with van der Waals surface area (Å²) in [4.78, 5) is 24.0. The number of aliphatic hydroxyl groups is 1. The number of benzene rings is 2. The Balaban J connectivity index is 1.30. The molecule has 1 unspecified atom stereocenters. The monoisotopic (exact) mass is 581 g/mol. The molecule has 4 aromatic rings. The predicted octanol–water partition coefficient (Wildman–Crippen LogP) is 6.88. The third kappa shape index (κ3) is 5.89. The second-order valence-electron chi connectivity index (χ2n) is 12.6. The topological polar surface area (TPSA) is 94.0 Å². The lowest BCUT2D eigenvalue weighted by Crippen LogP contribution is -2.54. The van der Waals surface area contributed by atoms with E-state index in [0.717, 1.165) is 46.0 Å². The van der Waals surface area contributed by atoms with Crippen LogP contribution in [0.4, 0.5) is 4.79 Å². The van der Waals surface area contributed by atoms with Crippen molar-refractivity contribution in [3.63, 3.8) is 0 Å². The molecule has 1 amide bonds. The molecular formula is C35H39N3O5. The molecule has 3 heterocycles. The molecule has 1 spiro atoms. The molecule has 2 aromatic carbocycles. The first-order valence-electron chi connectivity index (χ1n) is 15.0. The summed E-state index contributed by atoms with van der Waals surface area (Å²) in [6.07, 6.45) is 3.68. The third-order valence-electron chi connectivity index (χ3n) is 8.43. The Labute approximate surface area is 252 Å². The second kappa shape index (κ2) is 11.2. The Hall–Kier alpha value is -4.17. The highest BCUT2D eigenvalue weighted by Gasteiger charge is 2.62. The van der Waals surface area contributed by atoms with Crippen LogP contribution < -0.4 is 9.47 Å². The lowest BCUT2D eigenvalue weighted by atomic mass is 9.73. The number of piperidine rings is 1. The Morgan fingerprint density at radius 1 is 1.00 bits per heavy atom. The molecule has 1 aliphatic heterocycles. The minimum atomic E-state index is -1.04. The van der Waals surface area contributed by atoms with Crippen molar-refractivity contribution in [2.24, 2.45) is 5.41 Å². The fraction of sp³-hybridized carbons (Fsp3) is 0.400. The smallest absolute Gasteiger partial charge is 0.410 e. The van der Waals surface area contributed by atoms with Gasteiger partial charge in [0.15, 0.2) is 0 Å². The van der Waals surface area contributed by atoms with Crippen molar-refractivity contribution in [3.05, 3.63) is 84.1 Å². The number of carbonyl (C=O) groups excluding carboxylic acids is 1. The number of rotatable bonds is 7. The van der Waals surface area contributed by atoms with Gasteiger partial charge in [0.2, 0.25) is 11.8 Å². The molecular weight excluding hydrogens is 542 g/mol. The van der Waals surface area contributed by atoms with E-state index in [4.69, 9.17) is 19.2 Å². The highest BCUT2D eigenvalue weighted by molar-refractivity contribution is 5.85. The van der Waals surface area contributed by atoms with Crippen LogP contribution in [0.5, 0.6) is 11.8 Å². The maximum atomic E-state index is 12.8. The zero-order valence-electron chi connectivity index (χ0n) is 25.3. The summed E-state index contributed by atoms with van der Waals surface area (Å²) < 4.78 is 17.5. The average molecular weight is 582 g/mol. The van der Waals surface area contributed by atoms with Gasteiger partial charge in [-0.15, -0.1) is 0 Å². The molecule has 1 N–H and O–H groups in total. The molecule has 1 saturated carbocycles. The van der Waals surface area contributed by atoms with Crippen LogP contribution in [0.3, 0.4) is 0 Å². The molecule has 1 aliphatic carbocycles. The van der Waals surface area contributed by atoms with E-state index in [1.54, 1.807) is 4.90 Å². The number of hydrogen-bond acceptors (Lipinski definition) is 7. The molecule has 8 heteroatoms. The molecule has 43 heavy (non-hydrogen) atoms. The van der Waals surface area contributed by atoms with Gasteiger partial charge in [0.05, 0.1) is 17.7 Å². The zero-order valence-corrected chi connectivity index (χ0v) is 25.3. The Morgan fingerprint density at radius 2 is 1.79 bits per heavy atom. The summed E-state index contributed by atoms with van der Waals surface area (Å²) in [5.41, 5.74) is 2.41. The van der Waals surface area contributed by atoms with E-state index in [1.165, 1.54) is 0 Å². The van der Waals surface area contributed by atoms with Gasteiger partial charge in [-0.05, 0) is 82.3 Å². The Kier molecular flexibility index (Phi) is 7.50. The zero-order chi connectivity index (χ0) is 30.2. The van der Waals surface area contributed by atoms with Gasteiger partial charge in [-0.25, -0.2) is 4.79 Å². The van der Waals surface area contributed by atoms with E-state index in [2.05, 4.69) is 11.1 Å². The maximum absolute atomic E-state index is 12.8. The lowest BCUT2D eigenvalue weighted by molar-refractivity contribution is -0.0931. The molecule has 2 aliphatic rings. The third-order valence-corrected chi connectivity index (χ3v) is 8.43. The summed E-state index contributed by atoms with van der Waals surface area (Å²) in [6, 6.07) is 21.8. The maximum Gasteiger partial charge on any atom is 0.410 e. The van der Waals surface area contributed by atoms with Crippen LogP contribution in [-0.2, 0) is 16.9 Å². The first kappa shape index (κ1) is 28.9. The van der Waals surface area contributed by atoms with Crippen LogP contribution in [0.1, 0.15) is 58.1 Å². The van der Waals surface area contributed by atoms with Crippen molar-refractivity contribution in [2.45, 2.75) is 64.8 Å². The molecule has 0 bridgehead atoms. The van der Waals surface area contributed by atoms with Crippen molar-refractivity contribution in [1.29, 1.82) is 0 Å². The minimum absolute atomic E-state index is 0.317. The molecule has 224 valence electrons. The second-order valence-corrected chi connectivity index (χ2v) is 12.6. The van der Waals surface area contributed by atoms with Gasteiger partial charge in [0.1, 0.15) is 12.2 Å². The predicted molar refractivity (Wildman–Crippen MR) is 165 cm³/mol. The van der Waals surface area contributed by atoms with Crippen molar-refractivity contribution in [1.82, 2.24) is 14.9 Å². The summed E-state index contributed by atoms with van der Waals surface area (Å²) >= 11 is 0. The molecule has 6 rings (SSSR count). The van der Waals surface area contributed by atoms with Crippen LogP contribution >= 0.6 is 0 Å². The standard InChI is InChI=1S/C35H39N3O5/c1-5-41-30-14-12-28(31(37-30)42-22-24-9-7-6-8-10-24)26-19-25-20-27(11-13-29(25)36-21-26)35(40)17-18-38(23-34(35)15-16-34)32(39)43-33(2,3)4/h6-14,19-21,40H,5,15-18,22-23H2,1-4H3. The number of aromatic nitrogens is 2. The first-order valence-corrected chi connectivity index (χ1v) is 15.0. The molecule has 2 fully saturated rings. The van der Waals surface area contributed by atoms with Crippen LogP contribution in [0, 0.1) is 5.41 Å². The normalized spacial score (nSPS) is 19.3. The first-order chi connectivity index (χ1) is 20.6. The van der Waals surface area contributed by atoms with E-state index >= 15 is 0 Å². The van der Waals surface area contributed by atoms with Crippen molar-refractivity contribution in [3.8, 4) is 22.9 Å². The number of amides is 1. The van der Waals surface area contributed by atoms with Gasteiger partial charge < -0.3 is 24.2 Å². The molecule has 8 nitrogen and oxygen atoms in total. The number of hydrogen-bond donors (Lipinski definition) is 1. The van der Waals surface area contributed by atoms with Crippen LogP contribution in [0.2, 0.25) is 0 Å². The summed E-state index contributed by atoms with van der Waals surface area (Å²) in [7, 11) is 0. The number of carbonyl (C=O) groups is 1. The molecule has 2 aromatic heterocycles. The molecule has 1 atom stereocenters. The van der Waals surface area contributed by atoms with Crippen LogP contribution in [0.25, 0.3) is 22.0 Å². The number of likely N-dealkylation sites (tertiary alicyclic amines) is 1. The van der Waals surface area contributed by atoms with E-state index in [1.807, 2.05) is 94.6 Å². The summed E-state index contributed by atoms with van der Waals surface area (Å²) in [6.45, 7) is 9.33. The van der Waals surface area contributed by atoms with Gasteiger partial charge in [-0.1, -0.05) is 36.4 Å². The van der Waals surface area contributed by atoms with Crippen molar-refractivity contribution < 1.29 is 24.1 Å². The van der Waals surface area contributed by atoms with Gasteiger partial charge in [0.25, 0.3) is 0 Å². The van der Waals surface area contributed by atoms with Gasteiger partial charge in [-0.2, -0.15) is 4.98 Å². The Morgan fingerprint density at radius 3 is 2.51 bits per heavy atom. The Bertz CT molecular complexity index is 1630. The van der Waals surface area contributed by atoms with E-state index < -0.39 is 11.2 Å². The number of fused-ring (bicyclic) bond motifs is 1. The van der Waals surface area contributed by atoms with E-state index in [0.29, 0.717) is 44.5 Å². The van der Waals surface area contributed by atoms with E-state index in [-0.39, 0.29) is 11.5 Å². The summed E-state index contributed by atoms with van der Waals surface area (Å²) in [5, 5.41) is 13.1. The van der Waals surface area contributed by atoms with Crippen molar-refractivity contribution >= 4 is 17.0 Å². The molecule has 0 radical (unpaired) electrons.